The van der Waals surface area contributed by atoms with E-state index in [1.165, 1.54) is 28.8 Å². The lowest BCUT2D eigenvalue weighted by molar-refractivity contribution is 0.0954. The van der Waals surface area contributed by atoms with Crippen molar-refractivity contribution < 1.29 is 9.90 Å². The van der Waals surface area contributed by atoms with Crippen molar-refractivity contribution in [1.82, 2.24) is 16.0 Å². The lowest BCUT2D eigenvalue weighted by Gasteiger charge is -2.12. The van der Waals surface area contributed by atoms with Crippen molar-refractivity contribution in [2.45, 2.75) is 27.3 Å². The molecular weight excluding hydrogens is 340 g/mol. The molecule has 0 aliphatic rings. The number of aryl methyl sites for hydroxylation is 2. The largest absolute Gasteiger partial charge is 0.508 e. The highest BCUT2D eigenvalue weighted by molar-refractivity contribution is 5.94. The molecule has 0 fully saturated rings. The molecule has 0 spiro atoms. The minimum Gasteiger partial charge on any atom is -0.508 e. The Balaban J connectivity index is 1.83. The van der Waals surface area contributed by atoms with Gasteiger partial charge in [-0.1, -0.05) is 23.8 Å². The Hall–Kier alpha value is -3.02. The molecule has 0 radical (unpaired) electrons. The van der Waals surface area contributed by atoms with E-state index in [0.29, 0.717) is 25.2 Å². The molecule has 0 unspecified atom stereocenters. The topological polar surface area (TPSA) is 85.8 Å². The molecule has 1 amide bonds. The highest BCUT2D eigenvalue weighted by Gasteiger charge is 2.05. The van der Waals surface area contributed by atoms with Crippen molar-refractivity contribution in [1.29, 1.82) is 0 Å². The Bertz CT molecular complexity index is 785. The summed E-state index contributed by atoms with van der Waals surface area (Å²) >= 11 is 0. The molecule has 6 nitrogen and oxygen atoms in total. The summed E-state index contributed by atoms with van der Waals surface area (Å²) in [4.78, 5) is 16.6. The SMILES string of the molecule is CCNC(=NCc1ccc(C)cc1C)NCCNC(=O)c1ccc(O)cc1. The van der Waals surface area contributed by atoms with Gasteiger partial charge in [0, 0.05) is 25.2 Å². The van der Waals surface area contributed by atoms with E-state index in [1.54, 1.807) is 12.1 Å². The molecular formula is C21H28N4O2. The fourth-order valence-electron chi connectivity index (χ4n) is 2.60. The highest BCUT2D eigenvalue weighted by Crippen LogP contribution is 2.11. The number of phenols is 1. The number of carbonyl (C=O) groups is 1. The fourth-order valence-corrected chi connectivity index (χ4v) is 2.60. The van der Waals surface area contributed by atoms with Gasteiger partial charge in [-0.15, -0.1) is 0 Å². The lowest BCUT2D eigenvalue weighted by Crippen LogP contribution is -2.41. The summed E-state index contributed by atoms with van der Waals surface area (Å²) in [5.74, 6) is 0.689. The van der Waals surface area contributed by atoms with E-state index in [0.717, 1.165) is 12.5 Å². The number of aliphatic imine (C=N–C) groups is 1. The Morgan fingerprint density at radius 3 is 2.37 bits per heavy atom. The van der Waals surface area contributed by atoms with Crippen LogP contribution >= 0.6 is 0 Å². The van der Waals surface area contributed by atoms with Crippen LogP contribution in [0.5, 0.6) is 5.75 Å². The number of nitrogens with zero attached hydrogens (tertiary/aromatic N) is 1. The summed E-state index contributed by atoms with van der Waals surface area (Å²) in [5.41, 5.74) is 4.19. The van der Waals surface area contributed by atoms with Gasteiger partial charge >= 0.3 is 0 Å². The number of aromatic hydroxyl groups is 1. The van der Waals surface area contributed by atoms with Crippen LogP contribution in [0.25, 0.3) is 0 Å². The van der Waals surface area contributed by atoms with Crippen LogP contribution in [0, 0.1) is 13.8 Å². The van der Waals surface area contributed by atoms with Crippen molar-refractivity contribution in [2.75, 3.05) is 19.6 Å². The summed E-state index contributed by atoms with van der Waals surface area (Å²) in [6.07, 6.45) is 0. The standard InChI is InChI=1S/C21H28N4O2/c1-4-22-21(25-14-18-6-5-15(2)13-16(18)3)24-12-11-23-20(27)17-7-9-19(26)10-8-17/h5-10,13,26H,4,11-12,14H2,1-3H3,(H,23,27)(H2,22,24,25). The second-order valence-corrected chi connectivity index (χ2v) is 6.35. The molecule has 0 bridgehead atoms. The van der Waals surface area contributed by atoms with E-state index in [2.05, 4.69) is 53.0 Å². The second kappa shape index (κ2) is 10.2. The van der Waals surface area contributed by atoms with Crippen molar-refractivity contribution in [3.8, 4) is 5.75 Å². The van der Waals surface area contributed by atoms with Crippen LogP contribution in [0.4, 0.5) is 0 Å². The maximum Gasteiger partial charge on any atom is 0.251 e. The Kier molecular flexibility index (Phi) is 7.67. The maximum atomic E-state index is 12.0. The number of carbonyl (C=O) groups excluding carboxylic acids is 1. The van der Waals surface area contributed by atoms with Gasteiger partial charge in [-0.2, -0.15) is 0 Å². The fraction of sp³-hybridized carbons (Fsp3) is 0.333. The number of amides is 1. The molecule has 2 rings (SSSR count). The average Bonchev–Trinajstić information content (AvgIpc) is 2.64. The number of rotatable bonds is 7. The van der Waals surface area contributed by atoms with Crippen LogP contribution in [0.3, 0.4) is 0 Å². The zero-order chi connectivity index (χ0) is 19.6. The van der Waals surface area contributed by atoms with Gasteiger partial charge in [0.25, 0.3) is 5.91 Å². The van der Waals surface area contributed by atoms with E-state index < -0.39 is 0 Å². The molecule has 6 heteroatoms. The van der Waals surface area contributed by atoms with Crippen LogP contribution in [-0.2, 0) is 6.54 Å². The minimum absolute atomic E-state index is 0.142. The molecule has 0 aromatic heterocycles. The zero-order valence-corrected chi connectivity index (χ0v) is 16.2. The van der Waals surface area contributed by atoms with Gasteiger partial charge in [-0.25, -0.2) is 4.99 Å². The number of hydrogen-bond donors (Lipinski definition) is 4. The number of benzene rings is 2. The predicted molar refractivity (Wildman–Crippen MR) is 109 cm³/mol. The van der Waals surface area contributed by atoms with Crippen LogP contribution in [0.15, 0.2) is 47.5 Å². The summed E-state index contributed by atoms with van der Waals surface area (Å²) in [7, 11) is 0. The van der Waals surface area contributed by atoms with E-state index >= 15 is 0 Å². The van der Waals surface area contributed by atoms with E-state index in [1.807, 2.05) is 6.92 Å². The highest BCUT2D eigenvalue weighted by atomic mass is 16.3. The maximum absolute atomic E-state index is 12.0. The molecule has 27 heavy (non-hydrogen) atoms. The normalized spacial score (nSPS) is 11.1. The van der Waals surface area contributed by atoms with Crippen molar-refractivity contribution in [3.05, 3.63) is 64.7 Å². The molecule has 2 aromatic carbocycles. The third-order valence-corrected chi connectivity index (χ3v) is 4.08. The van der Waals surface area contributed by atoms with E-state index in [-0.39, 0.29) is 11.7 Å². The molecule has 0 saturated heterocycles. The summed E-state index contributed by atoms with van der Waals surface area (Å²) in [6.45, 7) is 8.58. The first-order valence-electron chi connectivity index (χ1n) is 9.15. The average molecular weight is 368 g/mol. The first-order valence-corrected chi connectivity index (χ1v) is 9.15. The minimum atomic E-state index is -0.172. The number of phenolic OH excluding ortho intramolecular Hbond substituents is 1. The molecule has 0 aliphatic heterocycles. The Labute approximate surface area is 160 Å². The van der Waals surface area contributed by atoms with Crippen LogP contribution in [0.2, 0.25) is 0 Å². The van der Waals surface area contributed by atoms with Crippen LogP contribution in [0.1, 0.15) is 34.0 Å². The van der Waals surface area contributed by atoms with Crippen molar-refractivity contribution >= 4 is 11.9 Å². The van der Waals surface area contributed by atoms with E-state index in [9.17, 15) is 9.90 Å². The molecule has 4 N–H and O–H groups in total. The summed E-state index contributed by atoms with van der Waals surface area (Å²) in [5, 5.41) is 18.5. The van der Waals surface area contributed by atoms with Crippen LogP contribution < -0.4 is 16.0 Å². The summed E-state index contributed by atoms with van der Waals surface area (Å²) in [6, 6.07) is 12.5. The van der Waals surface area contributed by atoms with Crippen molar-refractivity contribution in [3.63, 3.8) is 0 Å². The molecule has 0 saturated carbocycles. The van der Waals surface area contributed by atoms with Gasteiger partial charge in [0.1, 0.15) is 5.75 Å². The Morgan fingerprint density at radius 1 is 1.00 bits per heavy atom. The third kappa shape index (κ3) is 6.66. The molecule has 2 aromatic rings. The molecule has 144 valence electrons. The lowest BCUT2D eigenvalue weighted by atomic mass is 10.1. The predicted octanol–water partition coefficient (Wildman–Crippen LogP) is 2.49. The van der Waals surface area contributed by atoms with Gasteiger partial charge in [-0.05, 0) is 56.2 Å². The quantitative estimate of drug-likeness (QED) is 0.344. The van der Waals surface area contributed by atoms with Gasteiger partial charge in [-0.3, -0.25) is 4.79 Å². The van der Waals surface area contributed by atoms with Gasteiger partial charge < -0.3 is 21.1 Å². The van der Waals surface area contributed by atoms with Crippen LogP contribution in [-0.4, -0.2) is 36.6 Å². The second-order valence-electron chi connectivity index (χ2n) is 6.35. The smallest absolute Gasteiger partial charge is 0.251 e. The third-order valence-electron chi connectivity index (χ3n) is 4.08. The van der Waals surface area contributed by atoms with Gasteiger partial charge in [0.15, 0.2) is 5.96 Å². The summed E-state index contributed by atoms with van der Waals surface area (Å²) < 4.78 is 0. The number of guanidine groups is 1. The first kappa shape index (κ1) is 20.3. The van der Waals surface area contributed by atoms with Crippen molar-refractivity contribution in [2.24, 2.45) is 4.99 Å². The molecule has 0 atom stereocenters. The van der Waals surface area contributed by atoms with E-state index in [4.69, 9.17) is 0 Å². The molecule has 0 aliphatic carbocycles. The number of nitrogens with one attached hydrogen (secondary N) is 3. The monoisotopic (exact) mass is 368 g/mol. The molecule has 0 heterocycles. The van der Waals surface area contributed by atoms with Gasteiger partial charge in [0.05, 0.1) is 6.54 Å². The first-order chi connectivity index (χ1) is 13.0. The van der Waals surface area contributed by atoms with Gasteiger partial charge in [0.2, 0.25) is 0 Å². The number of hydrogen-bond acceptors (Lipinski definition) is 3. The Morgan fingerprint density at radius 2 is 1.70 bits per heavy atom. The zero-order valence-electron chi connectivity index (χ0n) is 16.2.